The first-order chi connectivity index (χ1) is 50.7. The molecule has 0 saturated heterocycles. The first kappa shape index (κ1) is 86.6. The van der Waals surface area contributed by atoms with E-state index in [0.29, 0.717) is 48.7 Å². The van der Waals surface area contributed by atoms with E-state index in [1.54, 1.807) is 48.5 Å². The lowest BCUT2D eigenvalue weighted by atomic mass is 9.78. The monoisotopic (exact) mass is 1480 g/mol. The topological polar surface area (TPSA) is 284 Å². The molecule has 24 heteroatoms. The van der Waals surface area contributed by atoms with Gasteiger partial charge in [-0.15, -0.1) is 0 Å². The number of rotatable bonds is 12. The lowest BCUT2D eigenvalue weighted by Crippen LogP contribution is -2.31. The molecular formula is C82H108O24. The molecule has 0 radical (unpaired) electrons. The molecule has 0 aliphatic carbocycles. The van der Waals surface area contributed by atoms with Crippen LogP contribution < -0.4 is 18.9 Å². The van der Waals surface area contributed by atoms with Crippen molar-refractivity contribution in [1.29, 1.82) is 0 Å². The third-order valence-electron chi connectivity index (χ3n) is 17.1. The van der Waals surface area contributed by atoms with Crippen LogP contribution in [-0.4, -0.2) is 152 Å². The van der Waals surface area contributed by atoms with Crippen LogP contribution in [0.1, 0.15) is 180 Å². The number of esters is 4. The van der Waals surface area contributed by atoms with Crippen LogP contribution in [0.5, 0.6) is 23.0 Å². The Morgan fingerprint density at radius 3 is 0.642 bits per heavy atom. The molecule has 0 spiro atoms. The van der Waals surface area contributed by atoms with Crippen LogP contribution in [0.4, 0.5) is 19.2 Å². The second-order valence-corrected chi connectivity index (χ2v) is 27.1. The maximum atomic E-state index is 12.9. The van der Waals surface area contributed by atoms with E-state index in [-0.39, 0.29) is 102 Å². The fourth-order valence-electron chi connectivity index (χ4n) is 10.4. The van der Waals surface area contributed by atoms with Crippen molar-refractivity contribution < 1.29 is 114 Å². The van der Waals surface area contributed by atoms with E-state index in [9.17, 15) is 38.4 Å². The second-order valence-electron chi connectivity index (χ2n) is 27.1. The maximum absolute atomic E-state index is 12.9. The molecule has 0 fully saturated rings. The van der Waals surface area contributed by atoms with Crippen LogP contribution in [0.3, 0.4) is 0 Å². The fourth-order valence-corrected chi connectivity index (χ4v) is 10.4. The summed E-state index contributed by atoms with van der Waals surface area (Å²) in [7, 11) is 0. The minimum atomic E-state index is -1.000. The molecule has 4 unspecified atom stereocenters. The average Bonchev–Trinajstić information content (AvgIpc) is 0.809. The lowest BCUT2D eigenvalue weighted by Gasteiger charge is -2.27. The molecular weight excluding hydrogens is 1370 g/mol. The summed E-state index contributed by atoms with van der Waals surface area (Å²) < 4.78 is 89.2. The van der Waals surface area contributed by atoms with E-state index in [1.807, 2.05) is 48.5 Å². The number of ether oxygens (including phenoxy) is 16. The molecule has 8 bridgehead atoms. The first-order valence-corrected chi connectivity index (χ1v) is 36.3. The van der Waals surface area contributed by atoms with Crippen LogP contribution in [0, 0.1) is 0 Å². The van der Waals surface area contributed by atoms with Gasteiger partial charge in [-0.2, -0.15) is 0 Å². The summed E-state index contributed by atoms with van der Waals surface area (Å²) in [6, 6.07) is 29.6. The Morgan fingerprint density at radius 2 is 0.472 bits per heavy atom. The van der Waals surface area contributed by atoms with Crippen LogP contribution in [0.25, 0.3) is 0 Å². The number of carbonyl (C=O) groups is 8. The third kappa shape index (κ3) is 33.4. The Kier molecular flexibility index (Phi) is 38.2. The van der Waals surface area contributed by atoms with Crippen LogP contribution >= 0.6 is 0 Å². The molecule has 11 rings (SSSR count). The summed E-state index contributed by atoms with van der Waals surface area (Å²) in [4.78, 5) is 101. The zero-order valence-corrected chi connectivity index (χ0v) is 63.0. The lowest BCUT2D eigenvalue weighted by molar-refractivity contribution is -0.143. The molecule has 7 heterocycles. The van der Waals surface area contributed by atoms with Gasteiger partial charge in [-0.3, -0.25) is 0 Å². The molecule has 7 aliphatic rings. The van der Waals surface area contributed by atoms with Crippen LogP contribution in [0.15, 0.2) is 146 Å². The minimum Gasteiger partial charge on any atom is -0.490 e. The van der Waals surface area contributed by atoms with Gasteiger partial charge in [-0.1, -0.05) is 180 Å². The molecule has 24 nitrogen and oxygen atoms in total. The average molecular weight is 1480 g/mol. The Bertz CT molecular complexity index is 3000. The molecule has 0 aromatic heterocycles. The summed E-state index contributed by atoms with van der Waals surface area (Å²) in [6.07, 6.45) is 5.29. The summed E-state index contributed by atoms with van der Waals surface area (Å²) in [6.45, 7) is 27.5. The van der Waals surface area contributed by atoms with E-state index in [0.717, 1.165) is 99.3 Å². The highest BCUT2D eigenvalue weighted by molar-refractivity contribution is 5.88. The molecule has 0 saturated carbocycles. The third-order valence-corrected chi connectivity index (χ3v) is 17.1. The van der Waals surface area contributed by atoms with Crippen molar-refractivity contribution in [3.05, 3.63) is 168 Å². The van der Waals surface area contributed by atoms with Crippen molar-refractivity contribution in [3.63, 3.8) is 0 Å². The van der Waals surface area contributed by atoms with Crippen molar-refractivity contribution in [2.24, 2.45) is 0 Å². The van der Waals surface area contributed by atoms with Gasteiger partial charge in [-0.05, 0) is 124 Å². The summed E-state index contributed by atoms with van der Waals surface area (Å²) in [5, 5.41) is 0. The van der Waals surface area contributed by atoms with Gasteiger partial charge in [0.2, 0.25) is 0 Å². The Balaban J connectivity index is 1.19. The molecule has 4 atom stereocenters. The van der Waals surface area contributed by atoms with Gasteiger partial charge in [0.15, 0.2) is 24.4 Å². The second kappa shape index (κ2) is 46.7. The van der Waals surface area contributed by atoms with Gasteiger partial charge >= 0.3 is 48.5 Å². The zero-order chi connectivity index (χ0) is 77.3. The van der Waals surface area contributed by atoms with E-state index >= 15 is 0 Å². The van der Waals surface area contributed by atoms with E-state index in [4.69, 9.17) is 75.8 Å². The van der Waals surface area contributed by atoms with Crippen molar-refractivity contribution in [2.75, 3.05) is 79.3 Å². The molecule has 580 valence electrons. The smallest absolute Gasteiger partial charge is 0.490 e. The number of carbonyl (C=O) groups excluding carboxylic acids is 8. The largest absolute Gasteiger partial charge is 0.508 e. The highest BCUT2D eigenvalue weighted by Gasteiger charge is 2.28. The van der Waals surface area contributed by atoms with Crippen LogP contribution in [0.2, 0.25) is 0 Å². The molecule has 4 aromatic carbocycles. The molecule has 4 aromatic rings. The summed E-state index contributed by atoms with van der Waals surface area (Å²) in [5.41, 5.74) is 3.51. The van der Waals surface area contributed by atoms with Crippen molar-refractivity contribution >= 4 is 48.5 Å². The van der Waals surface area contributed by atoms with Gasteiger partial charge in [0.05, 0.1) is 26.4 Å². The van der Waals surface area contributed by atoms with Gasteiger partial charge in [0, 0.05) is 33.1 Å². The van der Waals surface area contributed by atoms with Crippen molar-refractivity contribution in [1.82, 2.24) is 0 Å². The quantitative estimate of drug-likeness (QED) is 0.0723. The van der Waals surface area contributed by atoms with Gasteiger partial charge < -0.3 is 75.8 Å². The number of hydrogen-bond donors (Lipinski definition) is 0. The molecule has 7 aliphatic heterocycles. The van der Waals surface area contributed by atoms with Gasteiger partial charge in [0.25, 0.3) is 0 Å². The number of hydrogen-bond acceptors (Lipinski definition) is 24. The van der Waals surface area contributed by atoms with Crippen LogP contribution in [-0.2, 0) is 86.9 Å². The highest BCUT2D eigenvalue weighted by atomic mass is 16.8. The van der Waals surface area contributed by atoms with E-state index in [1.165, 1.54) is 27.7 Å². The normalized spacial score (nSPS) is 19.6. The van der Waals surface area contributed by atoms with E-state index < -0.39 is 83.7 Å². The van der Waals surface area contributed by atoms with Gasteiger partial charge in [0.1, 0.15) is 75.9 Å². The maximum Gasteiger partial charge on any atom is 0.508 e. The Hall–Kier alpha value is -10.00. The zero-order valence-electron chi connectivity index (χ0n) is 63.0. The van der Waals surface area contributed by atoms with Crippen molar-refractivity contribution in [3.8, 4) is 23.0 Å². The fraction of sp³-hybridized carbons (Fsp3) is 0.512. The van der Waals surface area contributed by atoms with E-state index in [2.05, 4.69) is 54.0 Å². The first-order valence-electron chi connectivity index (χ1n) is 36.3. The summed E-state index contributed by atoms with van der Waals surface area (Å²) in [5.74, 6) is -0.712. The Labute approximate surface area is 623 Å². The van der Waals surface area contributed by atoms with Crippen molar-refractivity contribution in [2.45, 2.75) is 193 Å². The van der Waals surface area contributed by atoms with Gasteiger partial charge in [-0.25, -0.2) is 38.4 Å². The molecule has 106 heavy (non-hydrogen) atoms. The molecule has 0 N–H and O–H groups in total. The molecule has 0 amide bonds. The minimum absolute atomic E-state index is 0.121. The Morgan fingerprint density at radius 1 is 0.302 bits per heavy atom. The summed E-state index contributed by atoms with van der Waals surface area (Å²) >= 11 is 0. The predicted octanol–water partition coefficient (Wildman–Crippen LogP) is 16.4. The predicted molar refractivity (Wildman–Crippen MR) is 394 cm³/mol. The number of benzene rings is 4. The SMILES string of the molecule is C=C(C)C(=O)OCC1COc2ccc(cc2)C(C)(C)c2ccc(cc2)OCC(COC(=O)C(=C)C)OC(=O)OCCCCCCCCCCOC(=O)OC(COC(=O)C(=C)C)COc2ccc(cc2)C(C)(C)c2ccc(cc2)OCC(COC(=O)C(=C)C)OC(=O)OCCCCCCCCCCOC(=O)O1. The standard InChI is InChI=1S/C82H108O24/c1-57(2)73(83)99-53-69-49-95-65-37-29-61(30-38-65)81(9,10)62-31-39-66(40-32-62)96-50-70(54-100-74(84)58(3)4)104-79(89)93-47-27-23-19-15-16-20-24-28-48-94-80(90)106-72(56-102-76(86)60(7)8)52-98-68-43-35-64(36-44-68)82(11,12)63-33-41-67(42-34-63)97-51-71(55-101-75(85)59(5)6)105-78(88)92-46-26-22-18-14-13-17-21-25-45-91-77(87)103-69/h29-44,69-72H,1,3,5,7,13-28,45-56H2,2,4,6,8-12H3. The highest BCUT2D eigenvalue weighted by Crippen LogP contribution is 2.35.